The summed E-state index contributed by atoms with van der Waals surface area (Å²) in [6.45, 7) is 8.00. The molecule has 1 N–H and O–H groups in total. The lowest BCUT2D eigenvalue weighted by atomic mass is 9.83. The molecule has 0 fully saturated rings. The molecular formula is C15H22BrN. The normalized spacial score (nSPS) is 22.9. The second-order valence-corrected chi connectivity index (χ2v) is 6.74. The Morgan fingerprint density at radius 3 is 2.88 bits per heavy atom. The Morgan fingerprint density at radius 2 is 2.18 bits per heavy atom. The predicted octanol–water partition coefficient (Wildman–Crippen LogP) is 4.46. The molecule has 1 aliphatic carbocycles. The SMILES string of the molecule is CCNC1CC(C)(C)CCc2ccc(Br)cc21. The number of rotatable bonds is 2. The van der Waals surface area contributed by atoms with Crippen LogP contribution in [-0.2, 0) is 6.42 Å². The maximum Gasteiger partial charge on any atom is 0.0328 e. The monoisotopic (exact) mass is 295 g/mol. The summed E-state index contributed by atoms with van der Waals surface area (Å²) in [6.07, 6.45) is 3.71. The zero-order valence-corrected chi connectivity index (χ0v) is 12.6. The van der Waals surface area contributed by atoms with Crippen molar-refractivity contribution in [2.24, 2.45) is 5.41 Å². The molecule has 94 valence electrons. The highest BCUT2D eigenvalue weighted by atomic mass is 79.9. The minimum Gasteiger partial charge on any atom is -0.310 e. The fourth-order valence-corrected chi connectivity index (χ4v) is 3.16. The molecule has 1 nitrogen and oxygen atoms in total. The molecule has 0 aromatic heterocycles. The van der Waals surface area contributed by atoms with Gasteiger partial charge in [0, 0.05) is 10.5 Å². The Bertz CT molecular complexity index is 398. The van der Waals surface area contributed by atoms with Crippen molar-refractivity contribution in [3.8, 4) is 0 Å². The average Bonchev–Trinajstić information content (AvgIpc) is 2.37. The summed E-state index contributed by atoms with van der Waals surface area (Å²) in [5, 5.41) is 3.64. The van der Waals surface area contributed by atoms with Crippen LogP contribution in [0.4, 0.5) is 0 Å². The van der Waals surface area contributed by atoms with Gasteiger partial charge < -0.3 is 5.32 Å². The minimum atomic E-state index is 0.429. The fraction of sp³-hybridized carbons (Fsp3) is 0.600. The Kier molecular flexibility index (Phi) is 3.94. The molecule has 1 aliphatic rings. The van der Waals surface area contributed by atoms with Crippen LogP contribution in [0.3, 0.4) is 0 Å². The van der Waals surface area contributed by atoms with Gasteiger partial charge in [0.1, 0.15) is 0 Å². The first-order chi connectivity index (χ1) is 8.02. The van der Waals surface area contributed by atoms with Crippen LogP contribution in [-0.4, -0.2) is 6.54 Å². The highest BCUT2D eigenvalue weighted by Crippen LogP contribution is 2.39. The van der Waals surface area contributed by atoms with Crippen LogP contribution in [0.5, 0.6) is 0 Å². The van der Waals surface area contributed by atoms with Crippen LogP contribution in [0.2, 0.25) is 0 Å². The molecule has 0 saturated carbocycles. The van der Waals surface area contributed by atoms with Gasteiger partial charge in [-0.3, -0.25) is 0 Å². The highest BCUT2D eigenvalue weighted by Gasteiger charge is 2.28. The second kappa shape index (κ2) is 5.11. The Hall–Kier alpha value is -0.340. The van der Waals surface area contributed by atoms with Gasteiger partial charge in [-0.25, -0.2) is 0 Å². The summed E-state index contributed by atoms with van der Waals surface area (Å²) in [5.41, 5.74) is 3.44. The summed E-state index contributed by atoms with van der Waals surface area (Å²) >= 11 is 3.60. The summed E-state index contributed by atoms with van der Waals surface area (Å²) in [4.78, 5) is 0. The predicted molar refractivity (Wildman–Crippen MR) is 77.3 cm³/mol. The van der Waals surface area contributed by atoms with Gasteiger partial charge >= 0.3 is 0 Å². The zero-order chi connectivity index (χ0) is 12.5. The molecule has 1 aromatic carbocycles. The van der Waals surface area contributed by atoms with E-state index >= 15 is 0 Å². The largest absolute Gasteiger partial charge is 0.310 e. The van der Waals surface area contributed by atoms with Crippen molar-refractivity contribution in [2.45, 2.75) is 46.1 Å². The van der Waals surface area contributed by atoms with Crippen LogP contribution in [0.15, 0.2) is 22.7 Å². The van der Waals surface area contributed by atoms with Crippen molar-refractivity contribution >= 4 is 15.9 Å². The smallest absolute Gasteiger partial charge is 0.0328 e. The molecule has 17 heavy (non-hydrogen) atoms. The van der Waals surface area contributed by atoms with Crippen molar-refractivity contribution in [2.75, 3.05) is 6.54 Å². The molecule has 0 saturated heterocycles. The van der Waals surface area contributed by atoms with E-state index in [0.717, 1.165) is 6.54 Å². The molecule has 1 aromatic rings. The molecule has 2 rings (SSSR count). The Balaban J connectivity index is 2.38. The van der Waals surface area contributed by atoms with E-state index in [4.69, 9.17) is 0 Å². The van der Waals surface area contributed by atoms with E-state index in [-0.39, 0.29) is 0 Å². The van der Waals surface area contributed by atoms with Gasteiger partial charge in [0.15, 0.2) is 0 Å². The van der Waals surface area contributed by atoms with Crippen LogP contribution in [0.25, 0.3) is 0 Å². The van der Waals surface area contributed by atoms with Crippen molar-refractivity contribution < 1.29 is 0 Å². The number of hydrogen-bond acceptors (Lipinski definition) is 1. The maximum atomic E-state index is 3.64. The van der Waals surface area contributed by atoms with E-state index in [1.807, 2.05) is 0 Å². The third-order valence-corrected chi connectivity index (χ3v) is 4.25. The molecule has 0 bridgehead atoms. The van der Waals surface area contributed by atoms with Crippen LogP contribution < -0.4 is 5.32 Å². The summed E-state index contributed by atoms with van der Waals surface area (Å²) in [6, 6.07) is 7.25. The highest BCUT2D eigenvalue weighted by molar-refractivity contribution is 9.10. The number of benzene rings is 1. The summed E-state index contributed by atoms with van der Waals surface area (Å²) in [5.74, 6) is 0. The standard InChI is InChI=1S/C15H22BrN/c1-4-17-14-10-15(2,3)8-7-11-5-6-12(16)9-13(11)14/h5-6,9,14,17H,4,7-8,10H2,1-3H3. The Morgan fingerprint density at radius 1 is 1.41 bits per heavy atom. The van der Waals surface area contributed by atoms with E-state index in [1.165, 1.54) is 34.9 Å². The van der Waals surface area contributed by atoms with Crippen molar-refractivity contribution in [1.82, 2.24) is 5.32 Å². The van der Waals surface area contributed by atoms with Gasteiger partial charge in [0.25, 0.3) is 0 Å². The molecule has 0 amide bonds. The molecule has 0 spiro atoms. The quantitative estimate of drug-likeness (QED) is 0.794. The van der Waals surface area contributed by atoms with E-state index in [1.54, 1.807) is 0 Å². The van der Waals surface area contributed by atoms with Crippen molar-refractivity contribution in [3.63, 3.8) is 0 Å². The van der Waals surface area contributed by atoms with Crippen LogP contribution in [0, 0.1) is 5.41 Å². The first kappa shape index (κ1) is 13.1. The molecule has 0 aliphatic heterocycles. The van der Waals surface area contributed by atoms with Gasteiger partial charge in [-0.05, 0) is 54.5 Å². The molecular weight excluding hydrogens is 274 g/mol. The number of nitrogens with one attached hydrogen (secondary N) is 1. The third-order valence-electron chi connectivity index (χ3n) is 3.76. The van der Waals surface area contributed by atoms with E-state index in [0.29, 0.717) is 11.5 Å². The molecule has 0 heterocycles. The van der Waals surface area contributed by atoms with Gasteiger partial charge in [0.05, 0.1) is 0 Å². The lowest BCUT2D eigenvalue weighted by Crippen LogP contribution is -2.25. The van der Waals surface area contributed by atoms with Gasteiger partial charge in [0.2, 0.25) is 0 Å². The second-order valence-electron chi connectivity index (χ2n) is 5.82. The summed E-state index contributed by atoms with van der Waals surface area (Å²) in [7, 11) is 0. The van der Waals surface area contributed by atoms with E-state index in [9.17, 15) is 0 Å². The van der Waals surface area contributed by atoms with Crippen LogP contribution >= 0.6 is 15.9 Å². The van der Waals surface area contributed by atoms with Crippen molar-refractivity contribution in [3.05, 3.63) is 33.8 Å². The number of fused-ring (bicyclic) bond motifs is 1. The lowest BCUT2D eigenvalue weighted by Gasteiger charge is -2.27. The number of hydrogen-bond donors (Lipinski definition) is 1. The molecule has 0 radical (unpaired) electrons. The fourth-order valence-electron chi connectivity index (χ4n) is 2.78. The van der Waals surface area contributed by atoms with Crippen molar-refractivity contribution in [1.29, 1.82) is 0 Å². The van der Waals surface area contributed by atoms with Gasteiger partial charge in [-0.2, -0.15) is 0 Å². The van der Waals surface area contributed by atoms with E-state index in [2.05, 4.69) is 60.2 Å². The van der Waals surface area contributed by atoms with Gasteiger partial charge in [-0.15, -0.1) is 0 Å². The first-order valence-corrected chi connectivity index (χ1v) is 7.33. The number of aryl methyl sites for hydroxylation is 1. The van der Waals surface area contributed by atoms with Gasteiger partial charge in [-0.1, -0.05) is 42.8 Å². The average molecular weight is 296 g/mol. The first-order valence-electron chi connectivity index (χ1n) is 6.53. The molecule has 1 atom stereocenters. The van der Waals surface area contributed by atoms with Crippen LogP contribution in [0.1, 0.15) is 50.8 Å². The van der Waals surface area contributed by atoms with E-state index < -0.39 is 0 Å². The zero-order valence-electron chi connectivity index (χ0n) is 11.0. The summed E-state index contributed by atoms with van der Waals surface area (Å²) < 4.78 is 1.19. The topological polar surface area (TPSA) is 12.0 Å². The Labute approximate surface area is 113 Å². The third kappa shape index (κ3) is 3.11. The molecule has 1 unspecified atom stereocenters. The lowest BCUT2D eigenvalue weighted by molar-refractivity contribution is 0.275. The minimum absolute atomic E-state index is 0.429. The molecule has 2 heteroatoms. The maximum absolute atomic E-state index is 3.64. The number of halogens is 1.